The number of morpholine rings is 1. The molecule has 1 amide bonds. The maximum absolute atomic E-state index is 14.3. The molecule has 1 unspecified atom stereocenters. The average Bonchev–Trinajstić information content (AvgIpc) is 3.69. The molecule has 3 aliphatic rings. The van der Waals surface area contributed by atoms with Crippen LogP contribution in [-0.4, -0.2) is 93.6 Å². The van der Waals surface area contributed by atoms with Crippen LogP contribution >= 0.6 is 0 Å². The number of amides is 1. The number of nitrogens with zero attached hydrogens (tertiary/aromatic N) is 4. The summed E-state index contributed by atoms with van der Waals surface area (Å²) < 4.78 is 39.0. The van der Waals surface area contributed by atoms with Crippen LogP contribution in [0.2, 0.25) is 0 Å². The highest BCUT2D eigenvalue weighted by Crippen LogP contribution is 2.35. The molecule has 11 heteroatoms. The van der Waals surface area contributed by atoms with E-state index in [2.05, 4.69) is 45.1 Å². The van der Waals surface area contributed by atoms with Gasteiger partial charge in [-0.05, 0) is 49.6 Å². The summed E-state index contributed by atoms with van der Waals surface area (Å²) in [4.78, 5) is 24.4. The Kier molecular flexibility index (Phi) is 7.50. The minimum atomic E-state index is -3.86. The van der Waals surface area contributed by atoms with Gasteiger partial charge in [0.1, 0.15) is 5.76 Å². The summed E-state index contributed by atoms with van der Waals surface area (Å²) in [5.41, 5.74) is 4.70. The van der Waals surface area contributed by atoms with Crippen LogP contribution in [0.15, 0.2) is 70.3 Å². The Balaban J connectivity index is 1.11. The number of rotatable bonds is 6. The number of nitrogens with one attached hydrogen (secondary N) is 1. The van der Waals surface area contributed by atoms with Crippen molar-refractivity contribution in [2.24, 2.45) is 0 Å². The van der Waals surface area contributed by atoms with E-state index in [1.165, 1.54) is 21.4 Å². The highest BCUT2D eigenvalue weighted by molar-refractivity contribution is 7.89. The number of hydrogen-bond acceptors (Lipinski definition) is 7. The quantitative estimate of drug-likeness (QED) is 0.357. The molecule has 2 aromatic carbocycles. The second-order valence-corrected chi connectivity index (χ2v) is 13.4. The number of furan rings is 1. The van der Waals surface area contributed by atoms with E-state index >= 15 is 0 Å². The van der Waals surface area contributed by atoms with Crippen molar-refractivity contribution >= 4 is 38.2 Å². The zero-order valence-corrected chi connectivity index (χ0v) is 25.2. The van der Waals surface area contributed by atoms with Crippen molar-refractivity contribution in [2.75, 3.05) is 68.8 Å². The van der Waals surface area contributed by atoms with Crippen LogP contribution in [0.5, 0.6) is 0 Å². The number of piperazine rings is 1. The van der Waals surface area contributed by atoms with E-state index in [0.717, 1.165) is 62.3 Å². The second-order valence-electron chi connectivity index (χ2n) is 11.6. The van der Waals surface area contributed by atoms with Gasteiger partial charge in [-0.25, -0.2) is 8.42 Å². The Morgan fingerprint density at radius 1 is 0.953 bits per heavy atom. The first kappa shape index (κ1) is 28.1. The number of benzene rings is 2. The van der Waals surface area contributed by atoms with Gasteiger partial charge in [-0.3, -0.25) is 9.69 Å². The van der Waals surface area contributed by atoms with Crippen molar-refractivity contribution in [1.29, 1.82) is 0 Å². The number of sulfonamides is 1. The molecule has 1 atom stereocenters. The fourth-order valence-electron chi connectivity index (χ4n) is 6.71. The molecule has 2 aromatic heterocycles. The zero-order chi connectivity index (χ0) is 29.6. The van der Waals surface area contributed by atoms with E-state index < -0.39 is 10.0 Å². The third kappa shape index (κ3) is 5.24. The van der Waals surface area contributed by atoms with Gasteiger partial charge in [-0.1, -0.05) is 24.3 Å². The van der Waals surface area contributed by atoms with Gasteiger partial charge in [0.2, 0.25) is 5.09 Å². The molecule has 7 rings (SSSR count). The molecule has 5 heterocycles. The smallest absolute Gasteiger partial charge is 0.276 e. The van der Waals surface area contributed by atoms with Crippen molar-refractivity contribution in [3.05, 3.63) is 77.7 Å². The summed E-state index contributed by atoms with van der Waals surface area (Å²) in [5.74, 6) is 0.0887. The van der Waals surface area contributed by atoms with E-state index in [1.807, 2.05) is 29.3 Å². The number of hydrogen-bond donors (Lipinski definition) is 1. The average molecular weight is 604 g/mol. The number of aromatic amines is 1. The zero-order valence-electron chi connectivity index (χ0n) is 24.4. The molecule has 10 nitrogen and oxygen atoms in total. The lowest BCUT2D eigenvalue weighted by molar-refractivity contribution is 0.0724. The molecule has 2 saturated heterocycles. The number of para-hydroxylation sites is 1. The highest BCUT2D eigenvalue weighted by Gasteiger charge is 2.37. The third-order valence-corrected chi connectivity index (χ3v) is 10.8. The monoisotopic (exact) mass is 603 g/mol. The van der Waals surface area contributed by atoms with E-state index in [-0.39, 0.29) is 35.7 Å². The summed E-state index contributed by atoms with van der Waals surface area (Å²) in [5, 5.41) is 1.05. The second kappa shape index (κ2) is 11.5. The van der Waals surface area contributed by atoms with Crippen LogP contribution < -0.4 is 9.80 Å². The Morgan fingerprint density at radius 3 is 2.53 bits per heavy atom. The van der Waals surface area contributed by atoms with E-state index in [0.29, 0.717) is 19.0 Å². The lowest BCUT2D eigenvalue weighted by Gasteiger charge is -2.42. The molecular formula is C32H37N5O5S. The number of fused-ring (bicyclic) bond motifs is 2. The number of aryl methyl sites for hydroxylation is 2. The Bertz CT molecular complexity index is 1730. The fourth-order valence-corrected chi connectivity index (χ4v) is 8.09. The Labute approximate surface area is 251 Å². The lowest BCUT2D eigenvalue weighted by atomic mass is 9.94. The molecular weight excluding hydrogens is 566 g/mol. The number of ether oxygens (including phenoxy) is 1. The predicted molar refractivity (Wildman–Crippen MR) is 165 cm³/mol. The summed E-state index contributed by atoms with van der Waals surface area (Å²) in [6, 6.07) is 17.9. The first-order chi connectivity index (χ1) is 20.9. The van der Waals surface area contributed by atoms with Crippen LogP contribution in [0.4, 0.5) is 11.4 Å². The van der Waals surface area contributed by atoms with E-state index in [9.17, 15) is 13.2 Å². The van der Waals surface area contributed by atoms with Crippen molar-refractivity contribution in [3.8, 4) is 0 Å². The van der Waals surface area contributed by atoms with Crippen LogP contribution in [0, 0.1) is 6.92 Å². The molecule has 226 valence electrons. The third-order valence-electron chi connectivity index (χ3n) is 9.03. The molecule has 0 radical (unpaired) electrons. The molecule has 3 aliphatic heterocycles. The van der Waals surface area contributed by atoms with Gasteiger partial charge in [0.25, 0.3) is 15.9 Å². The van der Waals surface area contributed by atoms with Crippen LogP contribution in [-0.2, 0) is 21.2 Å². The van der Waals surface area contributed by atoms with Crippen LogP contribution in [0.25, 0.3) is 10.9 Å². The Hall–Kier alpha value is -3.64. The molecule has 43 heavy (non-hydrogen) atoms. The number of H-pyrrole nitrogens is 1. The summed E-state index contributed by atoms with van der Waals surface area (Å²) in [7, 11) is -3.86. The van der Waals surface area contributed by atoms with Crippen molar-refractivity contribution in [3.63, 3.8) is 0 Å². The van der Waals surface area contributed by atoms with Gasteiger partial charge >= 0.3 is 0 Å². The number of aromatic nitrogens is 1. The van der Waals surface area contributed by atoms with Gasteiger partial charge in [0.15, 0.2) is 0 Å². The topological polar surface area (TPSA) is 102 Å². The van der Waals surface area contributed by atoms with Crippen molar-refractivity contribution < 1.29 is 22.4 Å². The molecule has 0 spiro atoms. The highest BCUT2D eigenvalue weighted by atomic mass is 32.2. The molecule has 1 N–H and O–H groups in total. The fraction of sp³-hybridized carbons (Fsp3) is 0.406. The maximum atomic E-state index is 14.3. The predicted octanol–water partition coefficient (Wildman–Crippen LogP) is 3.87. The van der Waals surface area contributed by atoms with Gasteiger partial charge in [0.05, 0.1) is 24.8 Å². The van der Waals surface area contributed by atoms with Crippen LogP contribution in [0.1, 0.15) is 28.1 Å². The SMILES string of the molecule is Cc1oc(S(=O)(=O)N2CCOCC2)cc1C(=O)N1c2ccccc2CCC1CN1CCN(c2cccc3[nH]ccc23)CC1. The van der Waals surface area contributed by atoms with Gasteiger partial charge in [-0.2, -0.15) is 4.31 Å². The Morgan fingerprint density at radius 2 is 1.72 bits per heavy atom. The maximum Gasteiger partial charge on any atom is 0.276 e. The number of carbonyl (C=O) groups excluding carboxylic acids is 1. The summed E-state index contributed by atoms with van der Waals surface area (Å²) >= 11 is 0. The molecule has 0 saturated carbocycles. The molecule has 4 aromatic rings. The lowest BCUT2D eigenvalue weighted by Crippen LogP contribution is -2.54. The van der Waals surface area contributed by atoms with Crippen molar-refractivity contribution in [1.82, 2.24) is 14.2 Å². The standard InChI is InChI=1S/C32H37N5O5S/c1-23-27(21-31(42-23)43(39,40)36-17-19-41-20-18-36)32(38)37-25(10-9-24-5-2-3-7-29(24)37)22-34-13-15-35(16-14-34)30-8-4-6-28-26(30)11-12-33-28/h2-8,11-12,21,25,33H,9-10,13-20,22H2,1H3. The molecule has 0 aliphatic carbocycles. The normalized spacial score (nSPS) is 20.4. The van der Waals surface area contributed by atoms with Gasteiger partial charge in [0, 0.05) is 80.4 Å². The van der Waals surface area contributed by atoms with Gasteiger partial charge < -0.3 is 23.9 Å². The van der Waals surface area contributed by atoms with Crippen LogP contribution in [0.3, 0.4) is 0 Å². The summed E-state index contributed by atoms with van der Waals surface area (Å²) in [6.07, 6.45) is 3.71. The van der Waals surface area contributed by atoms with E-state index in [1.54, 1.807) is 6.92 Å². The van der Waals surface area contributed by atoms with Crippen molar-refractivity contribution in [2.45, 2.75) is 30.9 Å². The number of anilines is 2. The minimum Gasteiger partial charge on any atom is -0.448 e. The molecule has 2 fully saturated rings. The first-order valence-electron chi connectivity index (χ1n) is 15.0. The molecule has 0 bridgehead atoms. The first-order valence-corrected chi connectivity index (χ1v) is 16.5. The largest absolute Gasteiger partial charge is 0.448 e. The summed E-state index contributed by atoms with van der Waals surface area (Å²) in [6.45, 7) is 7.23. The van der Waals surface area contributed by atoms with Gasteiger partial charge in [-0.15, -0.1) is 0 Å². The number of carbonyl (C=O) groups is 1. The minimum absolute atomic E-state index is 0.0457. The van der Waals surface area contributed by atoms with E-state index in [4.69, 9.17) is 9.15 Å².